The van der Waals surface area contributed by atoms with E-state index in [0.717, 1.165) is 21.3 Å². The van der Waals surface area contributed by atoms with E-state index in [1.54, 1.807) is 25.1 Å². The highest BCUT2D eigenvalue weighted by Crippen LogP contribution is 2.24. The number of ether oxygens (including phenoxy) is 1. The molecule has 0 aliphatic heterocycles. The first-order valence-electron chi connectivity index (χ1n) is 8.34. The zero-order valence-corrected chi connectivity index (χ0v) is 17.1. The van der Waals surface area contributed by atoms with Gasteiger partial charge in [-0.25, -0.2) is 4.39 Å². The Labute approximate surface area is 162 Å². The normalized spacial score (nSPS) is 12.1. The molecule has 26 heavy (non-hydrogen) atoms. The minimum absolute atomic E-state index is 0.0225. The molecule has 1 unspecified atom stereocenters. The quantitative estimate of drug-likeness (QED) is 0.673. The van der Waals surface area contributed by atoms with Crippen LogP contribution in [0.4, 0.5) is 4.39 Å². The monoisotopic (exact) mass is 422 g/mol. The second-order valence-corrected chi connectivity index (χ2v) is 7.29. The van der Waals surface area contributed by atoms with Gasteiger partial charge in [-0.15, -0.1) is 0 Å². The molecule has 4 nitrogen and oxygen atoms in total. The maximum absolute atomic E-state index is 13.3. The van der Waals surface area contributed by atoms with Crippen LogP contribution in [-0.2, 0) is 17.9 Å². The second kappa shape index (κ2) is 9.14. The van der Waals surface area contributed by atoms with Crippen molar-refractivity contribution >= 4 is 21.8 Å². The summed E-state index contributed by atoms with van der Waals surface area (Å²) in [5.74, 6) is 0.466. The molecule has 140 valence electrons. The molecule has 6 heteroatoms. The van der Waals surface area contributed by atoms with Gasteiger partial charge in [-0.05, 0) is 49.9 Å². The summed E-state index contributed by atoms with van der Waals surface area (Å²) in [5.41, 5.74) is 1.76. The summed E-state index contributed by atoms with van der Waals surface area (Å²) in [4.78, 5) is 16.3. The first kappa shape index (κ1) is 20.4. The Balaban J connectivity index is 2.03. The minimum Gasteiger partial charge on any atom is -0.496 e. The number of carbonyl (C=O) groups excluding carboxylic acids is 1. The van der Waals surface area contributed by atoms with E-state index in [2.05, 4.69) is 15.9 Å². The van der Waals surface area contributed by atoms with Crippen molar-refractivity contribution in [2.24, 2.45) is 0 Å². The third kappa shape index (κ3) is 5.29. The lowest BCUT2D eigenvalue weighted by molar-refractivity contribution is -0.135. The number of methoxy groups -OCH3 is 1. The summed E-state index contributed by atoms with van der Waals surface area (Å²) in [6.07, 6.45) is 0. The molecule has 0 saturated heterocycles. The van der Waals surface area contributed by atoms with Crippen LogP contribution in [0, 0.1) is 5.82 Å². The van der Waals surface area contributed by atoms with Crippen molar-refractivity contribution in [3.05, 3.63) is 63.9 Å². The molecule has 0 saturated carbocycles. The Morgan fingerprint density at radius 3 is 2.58 bits per heavy atom. The Hall–Kier alpha value is -1.92. The van der Waals surface area contributed by atoms with Gasteiger partial charge in [0.1, 0.15) is 11.6 Å². The van der Waals surface area contributed by atoms with Crippen LogP contribution >= 0.6 is 15.9 Å². The molecule has 0 spiro atoms. The fraction of sp³-hybridized carbons (Fsp3) is 0.350. The number of amides is 1. The molecule has 0 radical (unpaired) electrons. The fourth-order valence-corrected chi connectivity index (χ4v) is 3.18. The maximum Gasteiger partial charge on any atom is 0.239 e. The predicted molar refractivity (Wildman–Crippen MR) is 104 cm³/mol. The molecule has 0 bridgehead atoms. The fourth-order valence-electron chi connectivity index (χ4n) is 2.77. The molecule has 1 atom stereocenters. The van der Waals surface area contributed by atoms with Gasteiger partial charge in [-0.2, -0.15) is 0 Å². The summed E-state index contributed by atoms with van der Waals surface area (Å²) in [6, 6.07) is 11.8. The summed E-state index contributed by atoms with van der Waals surface area (Å²) in [7, 11) is 5.27. The Morgan fingerprint density at radius 1 is 1.19 bits per heavy atom. The van der Waals surface area contributed by atoms with Gasteiger partial charge in [-0.1, -0.05) is 28.1 Å². The van der Waals surface area contributed by atoms with Crippen molar-refractivity contribution in [1.29, 1.82) is 0 Å². The number of carbonyl (C=O) groups is 1. The Morgan fingerprint density at radius 2 is 1.92 bits per heavy atom. The molecule has 0 aromatic heterocycles. The van der Waals surface area contributed by atoms with Gasteiger partial charge >= 0.3 is 0 Å². The molecule has 0 heterocycles. The third-order valence-corrected chi connectivity index (χ3v) is 4.86. The van der Waals surface area contributed by atoms with Crippen LogP contribution in [0.5, 0.6) is 5.75 Å². The number of nitrogens with zero attached hydrogens (tertiary/aromatic N) is 2. The maximum atomic E-state index is 13.3. The van der Waals surface area contributed by atoms with Crippen molar-refractivity contribution < 1.29 is 13.9 Å². The van der Waals surface area contributed by atoms with Crippen LogP contribution in [-0.4, -0.2) is 43.0 Å². The average Bonchev–Trinajstić information content (AvgIpc) is 2.60. The topological polar surface area (TPSA) is 32.8 Å². The molecule has 2 rings (SSSR count). The van der Waals surface area contributed by atoms with E-state index in [1.165, 1.54) is 12.1 Å². The molecule has 0 fully saturated rings. The van der Waals surface area contributed by atoms with Crippen LogP contribution in [0.25, 0.3) is 0 Å². The molecular weight excluding hydrogens is 399 g/mol. The number of benzene rings is 2. The van der Waals surface area contributed by atoms with Crippen LogP contribution in [0.3, 0.4) is 0 Å². The van der Waals surface area contributed by atoms with Crippen molar-refractivity contribution in [2.45, 2.75) is 26.1 Å². The van der Waals surface area contributed by atoms with Gasteiger partial charge in [0, 0.05) is 30.2 Å². The van der Waals surface area contributed by atoms with Crippen LogP contribution < -0.4 is 4.74 Å². The lowest BCUT2D eigenvalue weighted by Crippen LogP contribution is -2.43. The minimum atomic E-state index is -0.322. The first-order chi connectivity index (χ1) is 12.3. The van der Waals surface area contributed by atoms with E-state index in [0.29, 0.717) is 13.1 Å². The highest BCUT2D eigenvalue weighted by molar-refractivity contribution is 9.10. The standard InChI is InChI=1S/C20H24BrFN2O2/c1-14(20(25)24(3)12-15-6-5-7-18(22)10-15)23(2)13-16-11-17(21)8-9-19(16)26-4/h5-11,14H,12-13H2,1-4H3. The zero-order valence-electron chi connectivity index (χ0n) is 15.5. The lowest BCUT2D eigenvalue weighted by Gasteiger charge is -2.28. The highest BCUT2D eigenvalue weighted by atomic mass is 79.9. The van der Waals surface area contributed by atoms with Crippen molar-refractivity contribution in [3.63, 3.8) is 0 Å². The number of hydrogen-bond donors (Lipinski definition) is 0. The van der Waals surface area contributed by atoms with Gasteiger partial charge in [0.15, 0.2) is 0 Å². The Kier molecular flexibility index (Phi) is 7.17. The van der Waals surface area contributed by atoms with E-state index in [4.69, 9.17) is 4.74 Å². The van der Waals surface area contributed by atoms with E-state index >= 15 is 0 Å². The van der Waals surface area contributed by atoms with Gasteiger partial charge in [0.2, 0.25) is 5.91 Å². The molecule has 1 amide bonds. The van der Waals surface area contributed by atoms with E-state index < -0.39 is 0 Å². The summed E-state index contributed by atoms with van der Waals surface area (Å²) in [5, 5.41) is 0. The highest BCUT2D eigenvalue weighted by Gasteiger charge is 2.22. The number of rotatable bonds is 7. The first-order valence-corrected chi connectivity index (χ1v) is 9.13. The van der Waals surface area contributed by atoms with Crippen LogP contribution in [0.15, 0.2) is 46.9 Å². The lowest BCUT2D eigenvalue weighted by atomic mass is 10.1. The van der Waals surface area contributed by atoms with E-state index in [1.807, 2.05) is 43.1 Å². The van der Waals surface area contributed by atoms with Crippen molar-refractivity contribution in [3.8, 4) is 5.75 Å². The largest absolute Gasteiger partial charge is 0.496 e. The average molecular weight is 423 g/mol. The summed E-state index contributed by atoms with van der Waals surface area (Å²) < 4.78 is 19.7. The van der Waals surface area contributed by atoms with Gasteiger partial charge in [0.25, 0.3) is 0 Å². The van der Waals surface area contributed by atoms with Crippen molar-refractivity contribution in [1.82, 2.24) is 9.80 Å². The zero-order chi connectivity index (χ0) is 19.3. The number of hydrogen-bond acceptors (Lipinski definition) is 3. The van der Waals surface area contributed by atoms with Gasteiger partial charge in [0.05, 0.1) is 13.2 Å². The van der Waals surface area contributed by atoms with Crippen LogP contribution in [0.1, 0.15) is 18.1 Å². The number of likely N-dealkylation sites (N-methyl/N-ethyl adjacent to an activating group) is 2. The van der Waals surface area contributed by atoms with E-state index in [-0.39, 0.29) is 17.8 Å². The third-order valence-electron chi connectivity index (χ3n) is 4.37. The molecule has 2 aromatic rings. The second-order valence-electron chi connectivity index (χ2n) is 6.37. The summed E-state index contributed by atoms with van der Waals surface area (Å²) >= 11 is 3.47. The summed E-state index contributed by atoms with van der Waals surface area (Å²) in [6.45, 7) is 2.81. The molecular formula is C20H24BrFN2O2. The van der Waals surface area contributed by atoms with Gasteiger partial charge < -0.3 is 9.64 Å². The van der Waals surface area contributed by atoms with E-state index in [9.17, 15) is 9.18 Å². The Bertz CT molecular complexity index is 769. The smallest absolute Gasteiger partial charge is 0.239 e. The molecule has 2 aromatic carbocycles. The van der Waals surface area contributed by atoms with Crippen molar-refractivity contribution in [2.75, 3.05) is 21.2 Å². The predicted octanol–water partition coefficient (Wildman–Crippen LogP) is 4.08. The molecule has 0 aliphatic rings. The number of halogens is 2. The molecule has 0 N–H and O–H groups in total. The van der Waals surface area contributed by atoms with Crippen LogP contribution in [0.2, 0.25) is 0 Å². The SMILES string of the molecule is COc1ccc(Br)cc1CN(C)C(C)C(=O)N(C)Cc1cccc(F)c1. The van der Waals surface area contributed by atoms with Gasteiger partial charge in [-0.3, -0.25) is 9.69 Å². The molecule has 0 aliphatic carbocycles.